The van der Waals surface area contributed by atoms with E-state index < -0.39 is 5.97 Å². The highest BCUT2D eigenvalue weighted by atomic mass is 32.1. The predicted octanol–water partition coefficient (Wildman–Crippen LogP) is 2.48. The number of thiophene rings is 1. The highest BCUT2D eigenvalue weighted by Crippen LogP contribution is 2.25. The van der Waals surface area contributed by atoms with Gasteiger partial charge in [0.25, 0.3) is 0 Å². The van der Waals surface area contributed by atoms with E-state index in [-0.39, 0.29) is 0 Å². The van der Waals surface area contributed by atoms with Gasteiger partial charge in [-0.15, -0.1) is 11.3 Å². The average Bonchev–Trinajstić information content (AvgIpc) is 2.52. The van der Waals surface area contributed by atoms with Gasteiger partial charge in [-0.1, -0.05) is 5.11 Å². The van der Waals surface area contributed by atoms with Crippen LogP contribution in [-0.4, -0.2) is 13.1 Å². The fourth-order valence-electron chi connectivity index (χ4n) is 0.675. The van der Waals surface area contributed by atoms with Gasteiger partial charge in [0, 0.05) is 4.91 Å². The van der Waals surface area contributed by atoms with Crippen LogP contribution in [-0.2, 0) is 4.74 Å². The maximum Gasteiger partial charge on any atom is 0.348 e. The van der Waals surface area contributed by atoms with Gasteiger partial charge in [0.2, 0.25) is 0 Å². The van der Waals surface area contributed by atoms with E-state index in [1.54, 1.807) is 11.4 Å². The molecule has 0 unspecified atom stereocenters. The number of methoxy groups -OCH3 is 1. The molecule has 1 aromatic rings. The van der Waals surface area contributed by atoms with Crippen molar-refractivity contribution in [3.8, 4) is 0 Å². The molecule has 1 heterocycles. The zero-order valence-corrected chi connectivity index (χ0v) is 7.04. The van der Waals surface area contributed by atoms with Crippen molar-refractivity contribution in [1.82, 2.24) is 0 Å². The Kier molecular flexibility index (Phi) is 2.68. The van der Waals surface area contributed by atoms with Crippen LogP contribution in [0.5, 0.6) is 0 Å². The molecule has 12 heavy (non-hydrogen) atoms. The number of nitrogens with zero attached hydrogens (tertiary/aromatic N) is 3. The standard InChI is InChI=1S/C6H5N3O2S/c1-11-6(10)5-4(8-9-7)2-3-12-5/h2-3H,1H3. The van der Waals surface area contributed by atoms with Crippen LogP contribution in [0.25, 0.3) is 10.4 Å². The third-order valence-electron chi connectivity index (χ3n) is 1.17. The number of hydrogen-bond donors (Lipinski definition) is 0. The number of carbonyl (C=O) groups excluding carboxylic acids is 1. The maximum atomic E-state index is 11.0. The van der Waals surface area contributed by atoms with Crippen LogP contribution < -0.4 is 0 Å². The third kappa shape index (κ3) is 1.55. The van der Waals surface area contributed by atoms with Crippen molar-refractivity contribution in [3.63, 3.8) is 0 Å². The summed E-state index contributed by atoms with van der Waals surface area (Å²) in [6.07, 6.45) is 0. The zero-order chi connectivity index (χ0) is 8.97. The second-order valence-corrected chi connectivity index (χ2v) is 2.73. The Bertz CT molecular complexity index is 340. The largest absolute Gasteiger partial charge is 0.465 e. The van der Waals surface area contributed by atoms with Crippen LogP contribution in [0, 0.1) is 0 Å². The van der Waals surface area contributed by atoms with Crippen LogP contribution in [0.15, 0.2) is 16.6 Å². The van der Waals surface area contributed by atoms with Gasteiger partial charge < -0.3 is 4.74 Å². The quantitative estimate of drug-likeness (QED) is 0.305. The van der Waals surface area contributed by atoms with E-state index in [1.165, 1.54) is 18.4 Å². The van der Waals surface area contributed by atoms with E-state index in [4.69, 9.17) is 5.53 Å². The molecule has 0 aliphatic rings. The first-order chi connectivity index (χ1) is 5.79. The smallest absolute Gasteiger partial charge is 0.348 e. The van der Waals surface area contributed by atoms with Gasteiger partial charge in [0.15, 0.2) is 0 Å². The van der Waals surface area contributed by atoms with Crippen molar-refractivity contribution in [1.29, 1.82) is 0 Å². The zero-order valence-electron chi connectivity index (χ0n) is 6.22. The molecule has 0 amide bonds. The number of ether oxygens (including phenoxy) is 1. The molecule has 0 radical (unpaired) electrons. The fraction of sp³-hybridized carbons (Fsp3) is 0.167. The molecule has 0 spiro atoms. The monoisotopic (exact) mass is 183 g/mol. The van der Waals surface area contributed by atoms with Gasteiger partial charge in [0.1, 0.15) is 4.88 Å². The van der Waals surface area contributed by atoms with Crippen LogP contribution in [0.2, 0.25) is 0 Å². The van der Waals surface area contributed by atoms with Gasteiger partial charge in [-0.3, -0.25) is 0 Å². The SMILES string of the molecule is COC(=O)c1sccc1N=[N+]=[N-]. The van der Waals surface area contributed by atoms with E-state index in [0.717, 1.165) is 0 Å². The van der Waals surface area contributed by atoms with Crippen molar-refractivity contribution in [2.24, 2.45) is 5.11 Å². The second-order valence-electron chi connectivity index (χ2n) is 1.82. The number of carbonyl (C=O) groups is 1. The van der Waals surface area contributed by atoms with Gasteiger partial charge >= 0.3 is 5.97 Å². The summed E-state index contributed by atoms with van der Waals surface area (Å²) in [4.78, 5) is 13.9. The summed E-state index contributed by atoms with van der Waals surface area (Å²) in [5.74, 6) is -0.479. The first kappa shape index (κ1) is 8.58. The summed E-state index contributed by atoms with van der Waals surface area (Å²) in [6.45, 7) is 0. The van der Waals surface area contributed by atoms with Crippen molar-refractivity contribution in [2.75, 3.05) is 7.11 Å². The number of hydrogen-bond acceptors (Lipinski definition) is 4. The molecule has 0 bridgehead atoms. The van der Waals surface area contributed by atoms with Gasteiger partial charge in [-0.05, 0) is 17.0 Å². The summed E-state index contributed by atoms with van der Waals surface area (Å²) in [6, 6.07) is 1.57. The summed E-state index contributed by atoms with van der Waals surface area (Å²) in [5.41, 5.74) is 8.44. The van der Waals surface area contributed by atoms with Gasteiger partial charge in [-0.2, -0.15) is 0 Å². The fourth-order valence-corrected chi connectivity index (χ4v) is 1.42. The highest BCUT2D eigenvalue weighted by Gasteiger charge is 2.11. The lowest BCUT2D eigenvalue weighted by Crippen LogP contribution is -1.97. The number of esters is 1. The van der Waals surface area contributed by atoms with Crippen LogP contribution >= 0.6 is 11.3 Å². The molecule has 0 aromatic carbocycles. The first-order valence-electron chi connectivity index (χ1n) is 3.00. The van der Waals surface area contributed by atoms with E-state index in [9.17, 15) is 4.79 Å². The summed E-state index contributed by atoms with van der Waals surface area (Å²) < 4.78 is 4.47. The van der Waals surface area contributed by atoms with Crippen LogP contribution in [0.4, 0.5) is 5.69 Å². The molecule has 0 fully saturated rings. The molecule has 0 saturated carbocycles. The first-order valence-corrected chi connectivity index (χ1v) is 3.88. The molecule has 0 aliphatic heterocycles. The van der Waals surface area contributed by atoms with E-state index in [1.807, 2.05) is 0 Å². The second kappa shape index (κ2) is 3.75. The minimum absolute atomic E-state index is 0.314. The lowest BCUT2D eigenvalue weighted by Gasteiger charge is -1.94. The topological polar surface area (TPSA) is 75.1 Å². The minimum atomic E-state index is -0.479. The molecule has 0 N–H and O–H groups in total. The summed E-state index contributed by atoms with van der Waals surface area (Å²) >= 11 is 1.18. The number of rotatable bonds is 2. The van der Waals surface area contributed by atoms with E-state index >= 15 is 0 Å². The van der Waals surface area contributed by atoms with Crippen molar-refractivity contribution < 1.29 is 9.53 Å². The maximum absolute atomic E-state index is 11.0. The Balaban J connectivity index is 3.06. The molecular weight excluding hydrogens is 178 g/mol. The van der Waals surface area contributed by atoms with Crippen molar-refractivity contribution >= 4 is 23.0 Å². The molecule has 0 aliphatic carbocycles. The Morgan fingerprint density at radius 2 is 2.58 bits per heavy atom. The Morgan fingerprint density at radius 3 is 3.17 bits per heavy atom. The van der Waals surface area contributed by atoms with Crippen molar-refractivity contribution in [3.05, 3.63) is 26.8 Å². The van der Waals surface area contributed by atoms with Crippen molar-refractivity contribution in [2.45, 2.75) is 0 Å². The Hall–Kier alpha value is -1.52. The van der Waals surface area contributed by atoms with E-state index in [2.05, 4.69) is 14.8 Å². The number of azide groups is 1. The molecule has 0 saturated heterocycles. The third-order valence-corrected chi connectivity index (χ3v) is 2.05. The molecule has 1 rings (SSSR count). The molecular formula is C6H5N3O2S. The van der Waals surface area contributed by atoms with Crippen LogP contribution in [0.3, 0.4) is 0 Å². The minimum Gasteiger partial charge on any atom is -0.465 e. The van der Waals surface area contributed by atoms with E-state index in [0.29, 0.717) is 10.6 Å². The average molecular weight is 183 g/mol. The molecule has 62 valence electrons. The van der Waals surface area contributed by atoms with Gasteiger partial charge in [-0.25, -0.2) is 4.79 Å². The molecule has 6 heteroatoms. The molecule has 0 atom stereocenters. The highest BCUT2D eigenvalue weighted by molar-refractivity contribution is 7.12. The summed E-state index contributed by atoms with van der Waals surface area (Å²) in [5, 5.41) is 4.99. The lowest BCUT2D eigenvalue weighted by atomic mass is 10.4. The Morgan fingerprint density at radius 1 is 1.83 bits per heavy atom. The summed E-state index contributed by atoms with van der Waals surface area (Å²) in [7, 11) is 1.28. The Labute approximate surface area is 72.2 Å². The predicted molar refractivity (Wildman–Crippen MR) is 44.5 cm³/mol. The van der Waals surface area contributed by atoms with Gasteiger partial charge in [0.05, 0.1) is 12.8 Å². The van der Waals surface area contributed by atoms with Crippen LogP contribution in [0.1, 0.15) is 9.67 Å². The molecule has 5 nitrogen and oxygen atoms in total. The molecule has 1 aromatic heterocycles. The lowest BCUT2D eigenvalue weighted by molar-refractivity contribution is 0.0607. The normalized spacial score (nSPS) is 8.75.